The lowest BCUT2D eigenvalue weighted by Gasteiger charge is -2.12. The first-order valence-corrected chi connectivity index (χ1v) is 5.82. The lowest BCUT2D eigenvalue weighted by molar-refractivity contribution is 0.624. The van der Waals surface area contributed by atoms with Gasteiger partial charge in [0, 0.05) is 6.54 Å². The number of rotatable bonds is 3. The summed E-state index contributed by atoms with van der Waals surface area (Å²) in [4.78, 5) is 0. The molecule has 0 fully saturated rings. The molecule has 0 bridgehead atoms. The van der Waals surface area contributed by atoms with Gasteiger partial charge in [0.2, 0.25) is 0 Å². The van der Waals surface area contributed by atoms with Gasteiger partial charge in [0.05, 0.1) is 5.69 Å². The van der Waals surface area contributed by atoms with Crippen LogP contribution in [0, 0.1) is 25.5 Å². The van der Waals surface area contributed by atoms with Gasteiger partial charge in [-0.3, -0.25) is 0 Å². The summed E-state index contributed by atoms with van der Waals surface area (Å²) in [7, 11) is 0. The molecule has 2 rings (SSSR count). The number of anilines is 1. The van der Waals surface area contributed by atoms with Crippen molar-refractivity contribution < 1.29 is 8.78 Å². The summed E-state index contributed by atoms with van der Waals surface area (Å²) >= 11 is 0. The van der Waals surface area contributed by atoms with Crippen LogP contribution < -0.4 is 5.32 Å². The Morgan fingerprint density at radius 2 is 1.78 bits per heavy atom. The van der Waals surface area contributed by atoms with Crippen LogP contribution in [0.25, 0.3) is 0 Å². The highest BCUT2D eigenvalue weighted by Gasteiger charge is 2.06. The van der Waals surface area contributed by atoms with Gasteiger partial charge >= 0.3 is 0 Å². The Hall–Kier alpha value is -1.90. The van der Waals surface area contributed by atoms with E-state index in [1.807, 2.05) is 19.9 Å². The third-order valence-electron chi connectivity index (χ3n) is 2.99. The molecule has 0 atom stereocenters. The highest BCUT2D eigenvalue weighted by Crippen LogP contribution is 2.20. The molecule has 2 aromatic rings. The third-order valence-corrected chi connectivity index (χ3v) is 2.99. The fourth-order valence-corrected chi connectivity index (χ4v) is 1.87. The van der Waals surface area contributed by atoms with E-state index in [0.717, 1.165) is 16.7 Å². The first-order chi connectivity index (χ1) is 8.58. The molecule has 0 aromatic heterocycles. The average molecular weight is 247 g/mol. The number of hydrogen-bond donors (Lipinski definition) is 1. The van der Waals surface area contributed by atoms with E-state index in [0.29, 0.717) is 12.2 Å². The Bertz CT molecular complexity index is 544. The topological polar surface area (TPSA) is 12.0 Å². The van der Waals surface area contributed by atoms with Gasteiger partial charge in [-0.05, 0) is 48.7 Å². The van der Waals surface area contributed by atoms with E-state index in [1.165, 1.54) is 18.2 Å². The Kier molecular flexibility index (Phi) is 3.60. The van der Waals surface area contributed by atoms with E-state index in [2.05, 4.69) is 5.32 Å². The number of nitrogens with one attached hydrogen (secondary N) is 1. The van der Waals surface area contributed by atoms with Gasteiger partial charge in [0.1, 0.15) is 11.6 Å². The van der Waals surface area contributed by atoms with E-state index >= 15 is 0 Å². The summed E-state index contributed by atoms with van der Waals surface area (Å²) in [6.45, 7) is 4.15. The largest absolute Gasteiger partial charge is 0.378 e. The Morgan fingerprint density at radius 1 is 1.00 bits per heavy atom. The van der Waals surface area contributed by atoms with Crippen molar-refractivity contribution in [1.29, 1.82) is 0 Å². The quantitative estimate of drug-likeness (QED) is 0.857. The van der Waals surface area contributed by atoms with E-state index < -0.39 is 0 Å². The van der Waals surface area contributed by atoms with Crippen molar-refractivity contribution >= 4 is 5.69 Å². The molecule has 0 radical (unpaired) electrons. The maximum absolute atomic E-state index is 13.6. The molecule has 0 amide bonds. The van der Waals surface area contributed by atoms with Crippen LogP contribution in [0.4, 0.5) is 14.5 Å². The number of aryl methyl sites for hydroxylation is 2. The van der Waals surface area contributed by atoms with Gasteiger partial charge in [-0.25, -0.2) is 8.78 Å². The van der Waals surface area contributed by atoms with Gasteiger partial charge in [0.25, 0.3) is 0 Å². The van der Waals surface area contributed by atoms with Gasteiger partial charge < -0.3 is 5.32 Å². The molecule has 1 N–H and O–H groups in total. The smallest absolute Gasteiger partial charge is 0.146 e. The van der Waals surface area contributed by atoms with Crippen LogP contribution in [0.15, 0.2) is 36.4 Å². The van der Waals surface area contributed by atoms with Crippen LogP contribution in [0.1, 0.15) is 16.7 Å². The fourth-order valence-electron chi connectivity index (χ4n) is 1.87. The maximum Gasteiger partial charge on any atom is 0.146 e. The minimum Gasteiger partial charge on any atom is -0.378 e. The van der Waals surface area contributed by atoms with Crippen molar-refractivity contribution in [3.05, 3.63) is 64.7 Å². The van der Waals surface area contributed by atoms with Crippen molar-refractivity contribution in [2.45, 2.75) is 20.4 Å². The summed E-state index contributed by atoms with van der Waals surface area (Å²) in [5, 5.41) is 3.02. The second kappa shape index (κ2) is 5.17. The lowest BCUT2D eigenvalue weighted by atomic mass is 10.1. The number of halogens is 2. The van der Waals surface area contributed by atoms with Crippen molar-refractivity contribution in [1.82, 2.24) is 0 Å². The Balaban J connectivity index is 2.19. The van der Waals surface area contributed by atoms with Crippen molar-refractivity contribution in [2.24, 2.45) is 0 Å². The molecule has 0 unspecified atom stereocenters. The normalized spacial score (nSPS) is 10.4. The second-order valence-electron chi connectivity index (χ2n) is 4.36. The number of para-hydroxylation sites is 1. The zero-order chi connectivity index (χ0) is 13.1. The standard InChI is InChI=1S/C15H15F2N/c1-10-6-7-13(16)8-12(10)9-18-15-11(2)4-3-5-14(15)17/h3-8,18H,9H2,1-2H3. The predicted octanol–water partition coefficient (Wildman–Crippen LogP) is 4.19. The molecule has 18 heavy (non-hydrogen) atoms. The SMILES string of the molecule is Cc1ccc(F)cc1CNc1c(C)cccc1F. The summed E-state index contributed by atoms with van der Waals surface area (Å²) in [5.74, 6) is -0.563. The predicted molar refractivity (Wildman–Crippen MR) is 69.6 cm³/mol. The lowest BCUT2D eigenvalue weighted by Crippen LogP contribution is -2.05. The van der Waals surface area contributed by atoms with Crippen molar-refractivity contribution in [2.75, 3.05) is 5.32 Å². The molecular formula is C15H15F2N. The van der Waals surface area contributed by atoms with Gasteiger partial charge in [0.15, 0.2) is 0 Å². The van der Waals surface area contributed by atoms with E-state index in [1.54, 1.807) is 12.1 Å². The maximum atomic E-state index is 13.6. The highest BCUT2D eigenvalue weighted by atomic mass is 19.1. The van der Waals surface area contributed by atoms with Crippen LogP contribution in [0.2, 0.25) is 0 Å². The fraction of sp³-hybridized carbons (Fsp3) is 0.200. The minimum absolute atomic E-state index is 0.275. The molecule has 0 saturated heterocycles. The minimum atomic E-state index is -0.288. The number of hydrogen-bond acceptors (Lipinski definition) is 1. The van der Waals surface area contributed by atoms with E-state index in [-0.39, 0.29) is 11.6 Å². The molecule has 0 spiro atoms. The first kappa shape index (κ1) is 12.6. The molecule has 1 nitrogen and oxygen atoms in total. The summed E-state index contributed by atoms with van der Waals surface area (Å²) in [6.07, 6.45) is 0. The highest BCUT2D eigenvalue weighted by molar-refractivity contribution is 5.52. The van der Waals surface area contributed by atoms with Crippen LogP contribution in [-0.2, 0) is 6.54 Å². The van der Waals surface area contributed by atoms with Crippen LogP contribution in [0.5, 0.6) is 0 Å². The Morgan fingerprint density at radius 3 is 2.50 bits per heavy atom. The van der Waals surface area contributed by atoms with Crippen molar-refractivity contribution in [3.63, 3.8) is 0 Å². The molecule has 94 valence electrons. The molecule has 2 aromatic carbocycles. The molecule has 0 heterocycles. The Labute approximate surface area is 105 Å². The van der Waals surface area contributed by atoms with Crippen LogP contribution in [-0.4, -0.2) is 0 Å². The van der Waals surface area contributed by atoms with Gasteiger partial charge in [-0.15, -0.1) is 0 Å². The van der Waals surface area contributed by atoms with Gasteiger partial charge in [-0.2, -0.15) is 0 Å². The molecule has 0 saturated carbocycles. The molecule has 3 heteroatoms. The molecule has 0 aliphatic carbocycles. The van der Waals surface area contributed by atoms with E-state index in [9.17, 15) is 8.78 Å². The average Bonchev–Trinajstić information content (AvgIpc) is 2.33. The summed E-state index contributed by atoms with van der Waals surface area (Å²) in [5.41, 5.74) is 3.13. The third kappa shape index (κ3) is 2.67. The summed E-state index contributed by atoms with van der Waals surface area (Å²) in [6, 6.07) is 9.53. The molecule has 0 aliphatic rings. The van der Waals surface area contributed by atoms with Crippen molar-refractivity contribution in [3.8, 4) is 0 Å². The second-order valence-corrected chi connectivity index (χ2v) is 4.36. The van der Waals surface area contributed by atoms with Crippen LogP contribution >= 0.6 is 0 Å². The van der Waals surface area contributed by atoms with Crippen LogP contribution in [0.3, 0.4) is 0 Å². The monoisotopic (exact) mass is 247 g/mol. The summed E-state index contributed by atoms with van der Waals surface area (Å²) < 4.78 is 26.7. The molecular weight excluding hydrogens is 232 g/mol. The van der Waals surface area contributed by atoms with E-state index in [4.69, 9.17) is 0 Å². The first-order valence-electron chi connectivity index (χ1n) is 5.82. The number of benzene rings is 2. The zero-order valence-electron chi connectivity index (χ0n) is 10.4. The van der Waals surface area contributed by atoms with Gasteiger partial charge in [-0.1, -0.05) is 18.2 Å². The molecule has 0 aliphatic heterocycles. The zero-order valence-corrected chi connectivity index (χ0v) is 10.4.